The van der Waals surface area contributed by atoms with Crippen molar-refractivity contribution < 1.29 is 0 Å². The summed E-state index contributed by atoms with van der Waals surface area (Å²) in [6, 6.07) is 66.2. The highest BCUT2D eigenvalue weighted by atomic mass is 15.2. The van der Waals surface area contributed by atoms with Gasteiger partial charge in [0.05, 0.1) is 28.0 Å². The van der Waals surface area contributed by atoms with E-state index in [2.05, 4.69) is 181 Å². The molecule has 1 aromatic heterocycles. The van der Waals surface area contributed by atoms with Gasteiger partial charge < -0.3 is 4.90 Å². The summed E-state index contributed by atoms with van der Waals surface area (Å²) in [5.41, 5.74) is 16.5. The molecule has 10 rings (SSSR count). The Morgan fingerprint density at radius 3 is 1.75 bits per heavy atom. The maximum absolute atomic E-state index is 4.95. The lowest BCUT2D eigenvalue weighted by molar-refractivity contribution is 0.753. The molecule has 1 spiro atoms. The lowest BCUT2D eigenvalue weighted by Gasteiger charge is -2.45. The molecule has 0 amide bonds. The standard InChI is InChI=1S/C46H30N2/c1-2-13-35(14-3-1)48-44-21-11-9-19-40(44)46(38-17-7-5-15-36(38)37-16-6-8-18-39(37)46)41-30-34(27-29-45(41)48)31-22-24-33(25-23-31)43-28-26-32-12-4-10-20-42(32)47-43/h1-30H. The molecule has 0 saturated heterocycles. The predicted octanol–water partition coefficient (Wildman–Crippen LogP) is 11.7. The van der Waals surface area contributed by atoms with Crippen molar-refractivity contribution in [3.63, 3.8) is 0 Å². The first-order chi connectivity index (χ1) is 23.8. The zero-order valence-electron chi connectivity index (χ0n) is 26.2. The van der Waals surface area contributed by atoms with E-state index in [0.29, 0.717) is 0 Å². The number of hydrogen-bond acceptors (Lipinski definition) is 2. The Kier molecular flexibility index (Phi) is 5.82. The Hall–Kier alpha value is -6.25. The molecule has 0 atom stereocenters. The van der Waals surface area contributed by atoms with E-state index in [1.54, 1.807) is 0 Å². The minimum absolute atomic E-state index is 0.463. The van der Waals surface area contributed by atoms with Gasteiger partial charge in [0.25, 0.3) is 0 Å². The molecule has 0 saturated carbocycles. The van der Waals surface area contributed by atoms with Crippen molar-refractivity contribution in [2.45, 2.75) is 5.41 Å². The molecule has 0 fully saturated rings. The maximum Gasteiger partial charge on any atom is 0.0754 e. The van der Waals surface area contributed by atoms with Crippen molar-refractivity contribution in [3.8, 4) is 33.5 Å². The van der Waals surface area contributed by atoms with E-state index in [-0.39, 0.29) is 0 Å². The topological polar surface area (TPSA) is 16.1 Å². The van der Waals surface area contributed by atoms with Gasteiger partial charge in [0.15, 0.2) is 0 Å². The number of para-hydroxylation sites is 3. The van der Waals surface area contributed by atoms with E-state index in [1.165, 1.54) is 55.9 Å². The lowest BCUT2D eigenvalue weighted by Crippen LogP contribution is -2.36. The van der Waals surface area contributed by atoms with E-state index in [1.807, 2.05) is 6.07 Å². The van der Waals surface area contributed by atoms with Crippen LogP contribution in [0.2, 0.25) is 0 Å². The lowest BCUT2D eigenvalue weighted by atomic mass is 9.64. The van der Waals surface area contributed by atoms with Crippen LogP contribution in [0.5, 0.6) is 0 Å². The van der Waals surface area contributed by atoms with Crippen molar-refractivity contribution in [3.05, 3.63) is 204 Å². The largest absolute Gasteiger partial charge is 0.310 e. The van der Waals surface area contributed by atoms with Gasteiger partial charge in [0.2, 0.25) is 0 Å². The molecule has 1 aliphatic carbocycles. The van der Waals surface area contributed by atoms with Gasteiger partial charge in [-0.25, -0.2) is 4.98 Å². The van der Waals surface area contributed by atoms with Crippen molar-refractivity contribution in [2.24, 2.45) is 0 Å². The maximum atomic E-state index is 4.95. The van der Waals surface area contributed by atoms with E-state index in [4.69, 9.17) is 4.98 Å². The fourth-order valence-electron chi connectivity index (χ4n) is 8.20. The second kappa shape index (κ2) is 10.4. The summed E-state index contributed by atoms with van der Waals surface area (Å²) in [5.74, 6) is 0. The number of fused-ring (bicyclic) bond motifs is 10. The van der Waals surface area contributed by atoms with Crippen LogP contribution >= 0.6 is 0 Å². The van der Waals surface area contributed by atoms with E-state index in [0.717, 1.165) is 27.8 Å². The number of aromatic nitrogens is 1. The third-order valence-corrected chi connectivity index (χ3v) is 10.3. The Morgan fingerprint density at radius 2 is 0.979 bits per heavy atom. The van der Waals surface area contributed by atoms with Gasteiger partial charge in [-0.15, -0.1) is 0 Å². The fourth-order valence-corrected chi connectivity index (χ4v) is 8.20. The molecule has 2 nitrogen and oxygen atoms in total. The van der Waals surface area contributed by atoms with Gasteiger partial charge in [-0.1, -0.05) is 140 Å². The summed E-state index contributed by atoms with van der Waals surface area (Å²) in [4.78, 5) is 7.39. The number of nitrogens with zero attached hydrogens (tertiary/aromatic N) is 2. The predicted molar refractivity (Wildman–Crippen MR) is 198 cm³/mol. The highest BCUT2D eigenvalue weighted by Crippen LogP contribution is 2.63. The van der Waals surface area contributed by atoms with Crippen LogP contribution in [0, 0.1) is 0 Å². The molecular weight excluding hydrogens is 581 g/mol. The monoisotopic (exact) mass is 610 g/mol. The Balaban J connectivity index is 1.20. The van der Waals surface area contributed by atoms with Crippen molar-refractivity contribution in [2.75, 3.05) is 4.90 Å². The summed E-state index contributed by atoms with van der Waals surface area (Å²) in [6.07, 6.45) is 0. The first-order valence-electron chi connectivity index (χ1n) is 16.6. The molecule has 2 heteroatoms. The van der Waals surface area contributed by atoms with Crippen LogP contribution in [0.3, 0.4) is 0 Å². The summed E-state index contributed by atoms with van der Waals surface area (Å²) >= 11 is 0. The van der Waals surface area contributed by atoms with Crippen LogP contribution in [-0.4, -0.2) is 4.98 Å². The number of rotatable bonds is 3. The normalized spacial score (nSPS) is 13.5. The first-order valence-corrected chi connectivity index (χ1v) is 16.6. The zero-order valence-corrected chi connectivity index (χ0v) is 26.2. The van der Waals surface area contributed by atoms with Crippen molar-refractivity contribution >= 4 is 28.0 Å². The average Bonchev–Trinajstić information content (AvgIpc) is 3.46. The van der Waals surface area contributed by atoms with Crippen LogP contribution in [0.25, 0.3) is 44.4 Å². The molecule has 0 bridgehead atoms. The van der Waals surface area contributed by atoms with Gasteiger partial charge in [-0.05, 0) is 87.0 Å². The van der Waals surface area contributed by atoms with Gasteiger partial charge in [0.1, 0.15) is 0 Å². The molecule has 7 aromatic carbocycles. The van der Waals surface area contributed by atoms with Crippen molar-refractivity contribution in [1.82, 2.24) is 4.98 Å². The highest BCUT2D eigenvalue weighted by molar-refractivity contribution is 5.96. The van der Waals surface area contributed by atoms with Crippen LogP contribution in [0.15, 0.2) is 182 Å². The SMILES string of the molecule is c1ccc(N2c3ccccc3C3(c4ccccc4-c4ccccc43)c3cc(-c4ccc(-c5ccc6ccccc6n5)cc4)ccc32)cc1. The smallest absolute Gasteiger partial charge is 0.0754 e. The van der Waals surface area contributed by atoms with Gasteiger partial charge in [-0.3, -0.25) is 0 Å². The zero-order chi connectivity index (χ0) is 31.7. The van der Waals surface area contributed by atoms with Gasteiger partial charge in [-0.2, -0.15) is 0 Å². The molecule has 1 aliphatic heterocycles. The molecule has 2 heterocycles. The molecule has 8 aromatic rings. The number of pyridine rings is 1. The number of hydrogen-bond donors (Lipinski definition) is 0. The molecule has 0 unspecified atom stereocenters. The average molecular weight is 611 g/mol. The summed E-state index contributed by atoms with van der Waals surface area (Å²) < 4.78 is 0. The molecule has 2 aliphatic rings. The van der Waals surface area contributed by atoms with Crippen LogP contribution in [0.4, 0.5) is 17.1 Å². The summed E-state index contributed by atoms with van der Waals surface area (Å²) in [7, 11) is 0. The van der Waals surface area contributed by atoms with Crippen LogP contribution < -0.4 is 4.90 Å². The van der Waals surface area contributed by atoms with Crippen LogP contribution in [0.1, 0.15) is 22.3 Å². The molecule has 0 N–H and O–H groups in total. The van der Waals surface area contributed by atoms with E-state index in [9.17, 15) is 0 Å². The summed E-state index contributed by atoms with van der Waals surface area (Å²) in [6.45, 7) is 0. The number of anilines is 3. The molecule has 0 radical (unpaired) electrons. The fraction of sp³-hybridized carbons (Fsp3) is 0.0217. The van der Waals surface area contributed by atoms with E-state index < -0.39 is 5.41 Å². The van der Waals surface area contributed by atoms with Gasteiger partial charge >= 0.3 is 0 Å². The Bertz CT molecular complexity index is 2470. The Morgan fingerprint density at radius 1 is 0.396 bits per heavy atom. The van der Waals surface area contributed by atoms with Crippen LogP contribution in [-0.2, 0) is 5.41 Å². The first kappa shape index (κ1) is 26.9. The minimum Gasteiger partial charge on any atom is -0.310 e. The molecule has 224 valence electrons. The number of benzene rings is 7. The quantitative estimate of drug-likeness (QED) is 0.198. The van der Waals surface area contributed by atoms with Gasteiger partial charge in [0, 0.05) is 16.6 Å². The van der Waals surface area contributed by atoms with Crippen molar-refractivity contribution in [1.29, 1.82) is 0 Å². The third kappa shape index (κ3) is 3.77. The molecule has 48 heavy (non-hydrogen) atoms. The second-order valence-corrected chi connectivity index (χ2v) is 12.7. The molecular formula is C46H30N2. The highest BCUT2D eigenvalue weighted by Gasteiger charge is 2.51. The third-order valence-electron chi connectivity index (χ3n) is 10.3. The second-order valence-electron chi connectivity index (χ2n) is 12.7. The Labute approximate surface area is 280 Å². The summed E-state index contributed by atoms with van der Waals surface area (Å²) in [5, 5.41) is 1.15. The minimum atomic E-state index is -0.463. The van der Waals surface area contributed by atoms with E-state index >= 15 is 0 Å².